The standard InChI is InChI=1S/C24H37N3O5S2/c1-7-17-14-33-22(26-17)19(13-16-8-10-18(11-9-16)27-34(29,30)31)21(25)20(12-15(2)3)23(28)32-24(4,5)6/h8-11,14-15,19-21,27H,7,12-13,25H2,1-6H3,(H,29,30,31)/t19-,20-,21?/m0/s1. The molecule has 0 saturated carbocycles. The van der Waals surface area contributed by atoms with Gasteiger partial charge in [-0.3, -0.25) is 14.1 Å². The molecule has 3 atom stereocenters. The molecule has 34 heavy (non-hydrogen) atoms. The molecule has 0 spiro atoms. The highest BCUT2D eigenvalue weighted by atomic mass is 32.2. The number of hydrogen-bond donors (Lipinski definition) is 3. The van der Waals surface area contributed by atoms with Crippen molar-refractivity contribution in [2.24, 2.45) is 17.6 Å². The zero-order valence-corrected chi connectivity index (χ0v) is 22.4. The number of nitrogens with two attached hydrogens (primary N) is 1. The summed E-state index contributed by atoms with van der Waals surface area (Å²) in [6.07, 6.45) is 1.91. The van der Waals surface area contributed by atoms with Gasteiger partial charge in [-0.05, 0) is 63.6 Å². The van der Waals surface area contributed by atoms with Crippen LogP contribution in [0.15, 0.2) is 29.6 Å². The molecule has 8 nitrogen and oxygen atoms in total. The van der Waals surface area contributed by atoms with Crippen molar-refractivity contribution < 1.29 is 22.5 Å². The van der Waals surface area contributed by atoms with Gasteiger partial charge in [-0.1, -0.05) is 32.9 Å². The number of hydrogen-bond acceptors (Lipinski definition) is 7. The Kier molecular flexibility index (Phi) is 9.64. The second kappa shape index (κ2) is 11.6. The highest BCUT2D eigenvalue weighted by Gasteiger charge is 2.37. The summed E-state index contributed by atoms with van der Waals surface area (Å²) >= 11 is 1.53. The van der Waals surface area contributed by atoms with Gasteiger partial charge in [0, 0.05) is 17.3 Å². The topological polar surface area (TPSA) is 132 Å². The number of carbonyl (C=O) groups is 1. The van der Waals surface area contributed by atoms with Crippen molar-refractivity contribution in [2.45, 2.75) is 78.4 Å². The van der Waals surface area contributed by atoms with Crippen LogP contribution in [0.3, 0.4) is 0 Å². The molecule has 0 fully saturated rings. The summed E-state index contributed by atoms with van der Waals surface area (Å²) in [5.74, 6) is -0.795. The molecule has 2 rings (SSSR count). The number of ether oxygens (including phenoxy) is 1. The number of rotatable bonds is 11. The number of carbonyl (C=O) groups excluding carboxylic acids is 1. The summed E-state index contributed by atoms with van der Waals surface area (Å²) in [6.45, 7) is 11.7. The second-order valence-electron chi connectivity index (χ2n) is 9.96. The fourth-order valence-corrected chi connectivity index (χ4v) is 5.23. The van der Waals surface area contributed by atoms with Crippen LogP contribution in [0.5, 0.6) is 0 Å². The van der Waals surface area contributed by atoms with Crippen molar-refractivity contribution in [3.63, 3.8) is 0 Å². The lowest BCUT2D eigenvalue weighted by Crippen LogP contribution is -2.44. The van der Waals surface area contributed by atoms with Gasteiger partial charge in [-0.25, -0.2) is 4.98 Å². The van der Waals surface area contributed by atoms with Crippen molar-refractivity contribution in [1.82, 2.24) is 4.98 Å². The molecule has 0 aliphatic heterocycles. The van der Waals surface area contributed by atoms with Crippen LogP contribution in [0, 0.1) is 11.8 Å². The van der Waals surface area contributed by atoms with Gasteiger partial charge >= 0.3 is 16.3 Å². The largest absolute Gasteiger partial charge is 0.460 e. The van der Waals surface area contributed by atoms with E-state index in [4.69, 9.17) is 20.0 Å². The van der Waals surface area contributed by atoms with Crippen LogP contribution in [0.1, 0.15) is 70.1 Å². The first-order valence-electron chi connectivity index (χ1n) is 11.5. The van der Waals surface area contributed by atoms with Crippen LogP contribution in [0.25, 0.3) is 0 Å². The van der Waals surface area contributed by atoms with Crippen molar-refractivity contribution in [3.05, 3.63) is 45.9 Å². The number of aryl methyl sites for hydroxylation is 1. The quantitative estimate of drug-likeness (QED) is 0.297. The van der Waals surface area contributed by atoms with Gasteiger partial charge in [0.05, 0.1) is 22.3 Å². The number of nitrogens with zero attached hydrogens (tertiary/aromatic N) is 1. The van der Waals surface area contributed by atoms with E-state index < -0.39 is 27.9 Å². The van der Waals surface area contributed by atoms with Gasteiger partial charge in [-0.2, -0.15) is 8.42 Å². The minimum atomic E-state index is -4.35. The lowest BCUT2D eigenvalue weighted by Gasteiger charge is -2.32. The second-order valence-corrected chi connectivity index (χ2v) is 12.0. The Labute approximate surface area is 207 Å². The maximum atomic E-state index is 13.2. The van der Waals surface area contributed by atoms with E-state index in [1.807, 2.05) is 37.8 Å². The highest BCUT2D eigenvalue weighted by Crippen LogP contribution is 2.33. The molecule has 1 unspecified atom stereocenters. The summed E-state index contributed by atoms with van der Waals surface area (Å²) in [5, 5.41) is 2.88. The van der Waals surface area contributed by atoms with Crippen molar-refractivity contribution in [2.75, 3.05) is 4.72 Å². The first-order chi connectivity index (χ1) is 15.7. The lowest BCUT2D eigenvalue weighted by atomic mass is 9.81. The molecule has 0 radical (unpaired) electrons. The summed E-state index contributed by atoms with van der Waals surface area (Å²) in [5.41, 5.74) is 8.33. The number of thiazole rings is 1. The Morgan fingerprint density at radius 3 is 2.32 bits per heavy atom. The Morgan fingerprint density at radius 2 is 1.85 bits per heavy atom. The van der Waals surface area contributed by atoms with Crippen LogP contribution < -0.4 is 10.5 Å². The van der Waals surface area contributed by atoms with E-state index in [0.717, 1.165) is 22.7 Å². The average molecular weight is 512 g/mol. The third-order valence-corrected chi connectivity index (χ3v) is 6.79. The van der Waals surface area contributed by atoms with Crippen LogP contribution in [0.2, 0.25) is 0 Å². The van der Waals surface area contributed by atoms with Crippen LogP contribution in [-0.4, -0.2) is 35.6 Å². The maximum Gasteiger partial charge on any atom is 0.357 e. The van der Waals surface area contributed by atoms with E-state index in [0.29, 0.717) is 12.8 Å². The van der Waals surface area contributed by atoms with E-state index in [2.05, 4.69) is 13.8 Å². The Morgan fingerprint density at radius 1 is 1.24 bits per heavy atom. The molecule has 2 aromatic rings. The molecule has 0 saturated heterocycles. The predicted octanol–water partition coefficient (Wildman–Crippen LogP) is 4.58. The molecule has 0 aliphatic rings. The summed E-state index contributed by atoms with van der Waals surface area (Å²) in [7, 11) is -4.35. The summed E-state index contributed by atoms with van der Waals surface area (Å²) in [4.78, 5) is 17.9. The van der Waals surface area contributed by atoms with Gasteiger partial charge < -0.3 is 10.5 Å². The van der Waals surface area contributed by atoms with E-state index in [1.165, 1.54) is 11.3 Å². The van der Waals surface area contributed by atoms with E-state index in [9.17, 15) is 13.2 Å². The molecule has 10 heteroatoms. The van der Waals surface area contributed by atoms with Gasteiger partial charge in [0.25, 0.3) is 0 Å². The summed E-state index contributed by atoms with van der Waals surface area (Å²) < 4.78 is 38.9. The smallest absolute Gasteiger partial charge is 0.357 e. The number of anilines is 1. The fraction of sp³-hybridized carbons (Fsp3) is 0.583. The molecule has 0 aliphatic carbocycles. The van der Waals surface area contributed by atoms with E-state index >= 15 is 0 Å². The first kappa shape index (κ1) is 28.2. The monoisotopic (exact) mass is 511 g/mol. The molecule has 1 aromatic carbocycles. The minimum absolute atomic E-state index is 0.234. The molecule has 1 aromatic heterocycles. The lowest BCUT2D eigenvalue weighted by molar-refractivity contribution is -0.161. The normalized spacial score (nSPS) is 15.1. The number of benzene rings is 1. The van der Waals surface area contributed by atoms with Gasteiger partial charge in [0.15, 0.2) is 0 Å². The van der Waals surface area contributed by atoms with E-state index in [1.54, 1.807) is 24.3 Å². The third kappa shape index (κ3) is 8.98. The van der Waals surface area contributed by atoms with Crippen LogP contribution in [0.4, 0.5) is 5.69 Å². The first-order valence-corrected chi connectivity index (χ1v) is 13.8. The van der Waals surface area contributed by atoms with E-state index in [-0.39, 0.29) is 23.5 Å². The SMILES string of the molecule is CCc1csc([C@@H](Cc2ccc(NS(=O)(=O)O)cc2)C(N)[C@H](CC(C)C)C(=O)OC(C)(C)C)n1. The maximum absolute atomic E-state index is 13.2. The van der Waals surface area contributed by atoms with Crippen molar-refractivity contribution in [3.8, 4) is 0 Å². The molecular formula is C24H37N3O5S2. The molecule has 0 amide bonds. The number of aromatic nitrogens is 1. The molecular weight excluding hydrogens is 474 g/mol. The molecule has 1 heterocycles. The van der Waals surface area contributed by atoms with Gasteiger partial charge in [-0.15, -0.1) is 11.3 Å². The summed E-state index contributed by atoms with van der Waals surface area (Å²) in [6, 6.07) is 6.16. The average Bonchev–Trinajstić information content (AvgIpc) is 3.17. The molecule has 0 bridgehead atoms. The zero-order valence-electron chi connectivity index (χ0n) is 20.7. The minimum Gasteiger partial charge on any atom is -0.460 e. The highest BCUT2D eigenvalue weighted by molar-refractivity contribution is 7.87. The van der Waals surface area contributed by atoms with Crippen LogP contribution in [-0.2, 0) is 32.7 Å². The Bertz CT molecular complexity index is 1040. The Hall–Kier alpha value is -2.01. The predicted molar refractivity (Wildman–Crippen MR) is 136 cm³/mol. The molecule has 4 N–H and O–H groups in total. The number of esters is 1. The van der Waals surface area contributed by atoms with Gasteiger partial charge in [0.2, 0.25) is 0 Å². The van der Waals surface area contributed by atoms with Crippen molar-refractivity contribution in [1.29, 1.82) is 0 Å². The zero-order chi connectivity index (χ0) is 25.7. The van der Waals surface area contributed by atoms with Crippen LogP contribution >= 0.6 is 11.3 Å². The molecule has 190 valence electrons. The van der Waals surface area contributed by atoms with Gasteiger partial charge in [0.1, 0.15) is 5.60 Å². The Balaban J connectivity index is 2.39. The fourth-order valence-electron chi connectivity index (χ4n) is 3.73. The van der Waals surface area contributed by atoms with Crippen molar-refractivity contribution >= 4 is 33.3 Å². The number of nitrogens with one attached hydrogen (secondary N) is 1. The third-order valence-electron chi connectivity index (χ3n) is 5.27.